The summed E-state index contributed by atoms with van der Waals surface area (Å²) in [4.78, 5) is 0. The van der Waals surface area contributed by atoms with Gasteiger partial charge in [0.1, 0.15) is 0 Å². The highest BCUT2D eigenvalue weighted by Crippen LogP contribution is 2.64. The number of hydrogen-bond acceptors (Lipinski definition) is 0. The van der Waals surface area contributed by atoms with Crippen molar-refractivity contribution in [1.29, 1.82) is 0 Å². The number of benzene rings is 1. The van der Waals surface area contributed by atoms with Gasteiger partial charge in [-0.15, -0.1) is 6.58 Å². The van der Waals surface area contributed by atoms with E-state index in [0.717, 1.165) is 5.92 Å². The molecule has 2 atom stereocenters. The van der Waals surface area contributed by atoms with Crippen LogP contribution in [0.15, 0.2) is 43.0 Å². The molecule has 1 aromatic rings. The quantitative estimate of drug-likeness (QED) is 0.589. The van der Waals surface area contributed by atoms with Crippen molar-refractivity contribution in [3.63, 3.8) is 0 Å². The van der Waals surface area contributed by atoms with Gasteiger partial charge in [0.25, 0.3) is 0 Å². The molecule has 0 heterocycles. The van der Waals surface area contributed by atoms with Gasteiger partial charge in [-0.05, 0) is 36.2 Å². The fourth-order valence-corrected chi connectivity index (χ4v) is 2.92. The highest BCUT2D eigenvalue weighted by atomic mass is 14.6. The van der Waals surface area contributed by atoms with Crippen molar-refractivity contribution >= 4 is 0 Å². The van der Waals surface area contributed by atoms with Crippen LogP contribution >= 0.6 is 0 Å². The largest absolute Gasteiger partial charge is 0.103 e. The van der Waals surface area contributed by atoms with Gasteiger partial charge in [0.2, 0.25) is 0 Å². The van der Waals surface area contributed by atoms with Crippen LogP contribution in [0.4, 0.5) is 0 Å². The molecule has 1 aromatic carbocycles. The summed E-state index contributed by atoms with van der Waals surface area (Å²) in [6.45, 7) is 6.20. The highest BCUT2D eigenvalue weighted by Gasteiger charge is 2.52. The van der Waals surface area contributed by atoms with Crippen LogP contribution in [0.25, 0.3) is 0 Å². The lowest BCUT2D eigenvalue weighted by atomic mass is 9.90. The van der Waals surface area contributed by atoms with E-state index in [1.54, 1.807) is 0 Å². The molecule has 0 spiro atoms. The maximum atomic E-state index is 3.92. The van der Waals surface area contributed by atoms with Crippen molar-refractivity contribution in [3.8, 4) is 0 Å². The van der Waals surface area contributed by atoms with Gasteiger partial charge in [-0.25, -0.2) is 0 Å². The molecule has 0 aromatic heterocycles. The van der Waals surface area contributed by atoms with Crippen molar-refractivity contribution in [2.45, 2.75) is 44.9 Å². The van der Waals surface area contributed by atoms with E-state index in [9.17, 15) is 0 Å². The van der Waals surface area contributed by atoms with Crippen LogP contribution in [0.1, 0.15) is 50.5 Å². The summed E-state index contributed by atoms with van der Waals surface area (Å²) >= 11 is 0. The fraction of sp³-hybridized carbons (Fsp3) is 0.500. The summed E-state index contributed by atoms with van der Waals surface area (Å²) in [5.74, 6) is 0.790. The summed E-state index contributed by atoms with van der Waals surface area (Å²) in [5.41, 5.74) is 2.08. The van der Waals surface area contributed by atoms with Crippen molar-refractivity contribution in [2.24, 2.45) is 5.41 Å². The van der Waals surface area contributed by atoms with Crippen LogP contribution in [0, 0.1) is 5.41 Å². The average molecular weight is 214 g/mol. The SMILES string of the molecule is C=CC[C@@]1(CCCC)CC1c1ccccc1. The van der Waals surface area contributed by atoms with Crippen LogP contribution in [0.3, 0.4) is 0 Å². The molecule has 0 saturated heterocycles. The Hall–Kier alpha value is -1.04. The minimum absolute atomic E-state index is 0.555. The molecule has 1 fully saturated rings. The molecule has 16 heavy (non-hydrogen) atoms. The molecule has 0 N–H and O–H groups in total. The lowest BCUT2D eigenvalue weighted by Crippen LogP contribution is -2.02. The Balaban J connectivity index is 2.06. The minimum atomic E-state index is 0.555. The third-order valence-corrected chi connectivity index (χ3v) is 3.97. The number of rotatable bonds is 6. The molecule has 86 valence electrons. The third kappa shape index (κ3) is 2.21. The first-order chi connectivity index (χ1) is 7.82. The van der Waals surface area contributed by atoms with E-state index in [1.807, 2.05) is 0 Å². The third-order valence-electron chi connectivity index (χ3n) is 3.97. The minimum Gasteiger partial charge on any atom is -0.103 e. The maximum absolute atomic E-state index is 3.92. The van der Waals surface area contributed by atoms with Crippen LogP contribution < -0.4 is 0 Å². The molecule has 1 aliphatic carbocycles. The summed E-state index contributed by atoms with van der Waals surface area (Å²) in [6.07, 6.45) is 8.70. The van der Waals surface area contributed by atoms with E-state index >= 15 is 0 Å². The molecule has 1 aliphatic rings. The lowest BCUT2D eigenvalue weighted by molar-refractivity contribution is 0.435. The Morgan fingerprint density at radius 1 is 1.38 bits per heavy atom. The topological polar surface area (TPSA) is 0 Å². The Morgan fingerprint density at radius 3 is 2.75 bits per heavy atom. The van der Waals surface area contributed by atoms with Gasteiger partial charge >= 0.3 is 0 Å². The summed E-state index contributed by atoms with van der Waals surface area (Å²) < 4.78 is 0. The van der Waals surface area contributed by atoms with Gasteiger partial charge in [-0.2, -0.15) is 0 Å². The zero-order chi connectivity index (χ0) is 11.4. The predicted molar refractivity (Wildman–Crippen MR) is 70.6 cm³/mol. The second-order valence-electron chi connectivity index (χ2n) is 5.13. The molecular weight excluding hydrogens is 192 g/mol. The highest BCUT2D eigenvalue weighted by molar-refractivity contribution is 5.30. The van der Waals surface area contributed by atoms with Gasteiger partial charge < -0.3 is 0 Å². The normalized spacial score (nSPS) is 27.7. The van der Waals surface area contributed by atoms with Crippen molar-refractivity contribution in [3.05, 3.63) is 48.6 Å². The molecule has 2 rings (SSSR count). The predicted octanol–water partition coefficient (Wildman–Crippen LogP) is 4.93. The smallest absolute Gasteiger partial charge is 0.00965 e. The van der Waals surface area contributed by atoms with Crippen molar-refractivity contribution in [1.82, 2.24) is 0 Å². The summed E-state index contributed by atoms with van der Waals surface area (Å²) in [6, 6.07) is 11.0. The number of unbranched alkanes of at least 4 members (excludes halogenated alkanes) is 1. The summed E-state index contributed by atoms with van der Waals surface area (Å²) in [5, 5.41) is 0. The molecule has 1 saturated carbocycles. The second kappa shape index (κ2) is 4.86. The first kappa shape index (κ1) is 11.4. The van der Waals surface area contributed by atoms with E-state index in [-0.39, 0.29) is 0 Å². The van der Waals surface area contributed by atoms with E-state index in [1.165, 1.54) is 37.7 Å². The first-order valence-corrected chi connectivity index (χ1v) is 6.48. The standard InChI is InChI=1S/C16H22/c1-3-5-12-16(11-4-2)13-15(16)14-9-7-6-8-10-14/h4,6-10,15H,2-3,5,11-13H2,1H3/t15?,16-/m1/s1. The van der Waals surface area contributed by atoms with E-state index < -0.39 is 0 Å². The van der Waals surface area contributed by atoms with Crippen LogP contribution in [-0.4, -0.2) is 0 Å². The fourth-order valence-electron chi connectivity index (χ4n) is 2.92. The molecule has 0 nitrogen and oxygen atoms in total. The average Bonchev–Trinajstić information content (AvgIpc) is 3.03. The lowest BCUT2D eigenvalue weighted by Gasteiger charge is -2.15. The molecule has 0 aliphatic heterocycles. The molecule has 0 amide bonds. The van der Waals surface area contributed by atoms with E-state index in [0.29, 0.717) is 5.41 Å². The van der Waals surface area contributed by atoms with Gasteiger partial charge in [0.05, 0.1) is 0 Å². The van der Waals surface area contributed by atoms with E-state index in [2.05, 4.69) is 49.9 Å². The second-order valence-corrected chi connectivity index (χ2v) is 5.13. The van der Waals surface area contributed by atoms with Crippen molar-refractivity contribution < 1.29 is 0 Å². The first-order valence-electron chi connectivity index (χ1n) is 6.48. The molecule has 0 radical (unpaired) electrons. The van der Waals surface area contributed by atoms with Gasteiger partial charge in [-0.3, -0.25) is 0 Å². The summed E-state index contributed by atoms with van der Waals surface area (Å²) in [7, 11) is 0. The molecule has 0 bridgehead atoms. The Kier molecular flexibility index (Phi) is 3.48. The van der Waals surface area contributed by atoms with E-state index in [4.69, 9.17) is 0 Å². The molecule has 0 heteroatoms. The zero-order valence-corrected chi connectivity index (χ0v) is 10.3. The van der Waals surface area contributed by atoms with Crippen molar-refractivity contribution in [2.75, 3.05) is 0 Å². The molecular formula is C16H22. The van der Waals surface area contributed by atoms with Crippen LogP contribution in [-0.2, 0) is 0 Å². The Morgan fingerprint density at radius 2 is 2.12 bits per heavy atom. The number of hydrogen-bond donors (Lipinski definition) is 0. The monoisotopic (exact) mass is 214 g/mol. The Bertz CT molecular complexity index is 338. The van der Waals surface area contributed by atoms with Crippen LogP contribution in [0.2, 0.25) is 0 Å². The van der Waals surface area contributed by atoms with Gasteiger partial charge in [0.15, 0.2) is 0 Å². The van der Waals surface area contributed by atoms with Crippen LogP contribution in [0.5, 0.6) is 0 Å². The maximum Gasteiger partial charge on any atom is -0.00965 e. The number of allylic oxidation sites excluding steroid dienone is 1. The van der Waals surface area contributed by atoms with Gasteiger partial charge in [0, 0.05) is 0 Å². The molecule has 1 unspecified atom stereocenters. The zero-order valence-electron chi connectivity index (χ0n) is 10.3. The Labute approximate surface area is 99.4 Å². The van der Waals surface area contributed by atoms with Gasteiger partial charge in [-0.1, -0.05) is 56.2 Å².